The Morgan fingerprint density at radius 2 is 2.31 bits per heavy atom. The summed E-state index contributed by atoms with van der Waals surface area (Å²) in [5, 5.41) is 0. The Hall–Kier alpha value is -0.390. The molecule has 0 aliphatic carbocycles. The van der Waals surface area contributed by atoms with Crippen LogP contribution in [-0.2, 0) is 9.53 Å². The molecule has 0 aliphatic rings. The molecule has 0 aliphatic heterocycles. The first-order valence-electron chi connectivity index (χ1n) is 5.21. The van der Waals surface area contributed by atoms with Crippen molar-refractivity contribution in [2.45, 2.75) is 31.7 Å². The first kappa shape index (κ1) is 13.7. The quantitative estimate of drug-likeness (QED) is 0.648. The number of esters is 1. The van der Waals surface area contributed by atoms with E-state index in [4.69, 9.17) is 5.73 Å². The topological polar surface area (TPSA) is 52.3 Å². The summed E-state index contributed by atoms with van der Waals surface area (Å²) in [7, 11) is 1.41. The van der Waals surface area contributed by atoms with Crippen molar-refractivity contribution in [3.63, 3.8) is 0 Å². The van der Waals surface area contributed by atoms with Gasteiger partial charge in [-0.05, 0) is 40.9 Å². The first-order valence-corrected chi connectivity index (χ1v) is 6.82. The van der Waals surface area contributed by atoms with Crippen molar-refractivity contribution in [3.05, 3.63) is 20.8 Å². The van der Waals surface area contributed by atoms with Crippen LogP contribution in [0.2, 0.25) is 0 Å². The zero-order chi connectivity index (χ0) is 12.0. The van der Waals surface area contributed by atoms with Gasteiger partial charge in [0.2, 0.25) is 0 Å². The summed E-state index contributed by atoms with van der Waals surface area (Å²) in [4.78, 5) is 12.1. The molecule has 90 valence electrons. The van der Waals surface area contributed by atoms with Gasteiger partial charge >= 0.3 is 5.97 Å². The minimum absolute atomic E-state index is 0.0777. The zero-order valence-corrected chi connectivity index (χ0v) is 11.6. The van der Waals surface area contributed by atoms with Crippen LogP contribution in [0.25, 0.3) is 0 Å². The lowest BCUT2D eigenvalue weighted by molar-refractivity contribution is -0.140. The van der Waals surface area contributed by atoms with Gasteiger partial charge in [-0.25, -0.2) is 0 Å². The lowest BCUT2D eigenvalue weighted by Crippen LogP contribution is -2.08. The lowest BCUT2D eigenvalue weighted by atomic mass is 10.1. The van der Waals surface area contributed by atoms with E-state index in [-0.39, 0.29) is 12.0 Å². The molecule has 0 aromatic carbocycles. The van der Waals surface area contributed by atoms with Crippen LogP contribution in [0.15, 0.2) is 15.9 Å². The third-order valence-corrected chi connectivity index (χ3v) is 4.09. The molecule has 1 aromatic rings. The van der Waals surface area contributed by atoms with Crippen LogP contribution < -0.4 is 5.73 Å². The highest BCUT2D eigenvalue weighted by Gasteiger charge is 2.08. The van der Waals surface area contributed by atoms with Crippen molar-refractivity contribution in [1.29, 1.82) is 0 Å². The molecule has 1 atom stereocenters. The van der Waals surface area contributed by atoms with Gasteiger partial charge in [-0.3, -0.25) is 4.79 Å². The largest absolute Gasteiger partial charge is 0.469 e. The highest BCUT2D eigenvalue weighted by molar-refractivity contribution is 9.11. The summed E-state index contributed by atoms with van der Waals surface area (Å²) in [6.45, 7) is 0. The molecule has 1 rings (SSSR count). The third kappa shape index (κ3) is 4.63. The number of hydrogen-bond donors (Lipinski definition) is 1. The molecule has 1 unspecified atom stereocenters. The third-order valence-electron chi connectivity index (χ3n) is 2.33. The number of carbonyl (C=O) groups is 1. The number of nitrogens with two attached hydrogens (primary N) is 1. The van der Waals surface area contributed by atoms with Crippen LogP contribution >= 0.6 is 27.3 Å². The van der Waals surface area contributed by atoms with E-state index >= 15 is 0 Å². The Balaban J connectivity index is 2.20. The SMILES string of the molecule is COC(=O)CCCCC(N)c1ccc(Br)s1. The second-order valence-corrected chi connectivity index (χ2v) is 6.06. The molecule has 16 heavy (non-hydrogen) atoms. The predicted octanol–water partition coefficient (Wildman–Crippen LogP) is 3.24. The number of rotatable bonds is 6. The molecule has 0 radical (unpaired) electrons. The van der Waals surface area contributed by atoms with E-state index in [0.717, 1.165) is 23.0 Å². The highest BCUT2D eigenvalue weighted by atomic mass is 79.9. The number of hydrogen-bond acceptors (Lipinski definition) is 4. The molecule has 0 fully saturated rings. The van der Waals surface area contributed by atoms with E-state index < -0.39 is 0 Å². The van der Waals surface area contributed by atoms with E-state index in [1.165, 1.54) is 12.0 Å². The van der Waals surface area contributed by atoms with E-state index in [1.807, 2.05) is 12.1 Å². The summed E-state index contributed by atoms with van der Waals surface area (Å²) in [6, 6.07) is 4.13. The number of ether oxygens (including phenoxy) is 1. The van der Waals surface area contributed by atoms with Gasteiger partial charge in [0.05, 0.1) is 10.9 Å². The maximum absolute atomic E-state index is 10.9. The van der Waals surface area contributed by atoms with Crippen LogP contribution in [0.1, 0.15) is 36.6 Å². The Morgan fingerprint density at radius 3 is 2.88 bits per heavy atom. The number of carbonyl (C=O) groups excluding carboxylic acids is 1. The monoisotopic (exact) mass is 305 g/mol. The van der Waals surface area contributed by atoms with Gasteiger partial charge in [0.1, 0.15) is 0 Å². The zero-order valence-electron chi connectivity index (χ0n) is 9.24. The molecule has 2 N–H and O–H groups in total. The molecular formula is C11H16BrNO2S. The average molecular weight is 306 g/mol. The van der Waals surface area contributed by atoms with Gasteiger partial charge in [0.25, 0.3) is 0 Å². The molecule has 1 heterocycles. The molecule has 0 saturated carbocycles. The van der Waals surface area contributed by atoms with E-state index in [0.29, 0.717) is 6.42 Å². The van der Waals surface area contributed by atoms with Crippen molar-refractivity contribution < 1.29 is 9.53 Å². The normalized spacial score (nSPS) is 12.4. The van der Waals surface area contributed by atoms with Crippen molar-refractivity contribution in [3.8, 4) is 0 Å². The summed E-state index contributed by atoms with van der Waals surface area (Å²) in [5.74, 6) is -0.146. The molecule has 0 spiro atoms. The molecule has 5 heteroatoms. The predicted molar refractivity (Wildman–Crippen MR) is 69.4 cm³/mol. The van der Waals surface area contributed by atoms with Crippen molar-refractivity contribution in [2.24, 2.45) is 5.73 Å². The smallest absolute Gasteiger partial charge is 0.305 e. The van der Waals surface area contributed by atoms with Crippen molar-refractivity contribution in [2.75, 3.05) is 7.11 Å². The molecule has 3 nitrogen and oxygen atoms in total. The molecule has 0 saturated heterocycles. The minimum atomic E-state index is -0.146. The van der Waals surface area contributed by atoms with Crippen LogP contribution in [0, 0.1) is 0 Å². The van der Waals surface area contributed by atoms with Crippen LogP contribution in [-0.4, -0.2) is 13.1 Å². The van der Waals surface area contributed by atoms with Gasteiger partial charge in [-0.15, -0.1) is 11.3 Å². The van der Waals surface area contributed by atoms with E-state index in [9.17, 15) is 4.79 Å². The second-order valence-electron chi connectivity index (χ2n) is 3.57. The molecule has 1 aromatic heterocycles. The van der Waals surface area contributed by atoms with E-state index in [2.05, 4.69) is 20.7 Å². The Kier molecular flexibility index (Phi) is 6.01. The first-order chi connectivity index (χ1) is 7.63. The van der Waals surface area contributed by atoms with Crippen LogP contribution in [0.4, 0.5) is 0 Å². The van der Waals surface area contributed by atoms with Crippen LogP contribution in [0.5, 0.6) is 0 Å². The summed E-state index contributed by atoms with van der Waals surface area (Å²) in [6.07, 6.45) is 3.18. The highest BCUT2D eigenvalue weighted by Crippen LogP contribution is 2.28. The van der Waals surface area contributed by atoms with Gasteiger partial charge in [-0.2, -0.15) is 0 Å². The lowest BCUT2D eigenvalue weighted by Gasteiger charge is -2.08. The number of thiophene rings is 1. The molecule has 0 amide bonds. The van der Waals surface area contributed by atoms with Crippen molar-refractivity contribution >= 4 is 33.2 Å². The van der Waals surface area contributed by atoms with Gasteiger partial charge in [0, 0.05) is 17.3 Å². The van der Waals surface area contributed by atoms with Gasteiger partial charge in [0.15, 0.2) is 0 Å². The maximum atomic E-state index is 10.9. The van der Waals surface area contributed by atoms with Gasteiger partial charge in [-0.1, -0.05) is 6.42 Å². The van der Waals surface area contributed by atoms with Crippen molar-refractivity contribution in [1.82, 2.24) is 0 Å². The summed E-state index contributed by atoms with van der Waals surface area (Å²) < 4.78 is 5.68. The molecular weight excluding hydrogens is 290 g/mol. The standard InChI is InChI=1S/C11H16BrNO2S/c1-15-11(14)5-3-2-4-8(13)9-6-7-10(12)16-9/h6-8H,2-5,13H2,1H3. The number of halogens is 1. The summed E-state index contributed by atoms with van der Waals surface area (Å²) in [5.41, 5.74) is 6.03. The van der Waals surface area contributed by atoms with Crippen LogP contribution in [0.3, 0.4) is 0 Å². The Morgan fingerprint density at radius 1 is 1.56 bits per heavy atom. The fourth-order valence-electron chi connectivity index (χ4n) is 1.41. The average Bonchev–Trinajstić information content (AvgIpc) is 2.70. The second kappa shape index (κ2) is 7.04. The maximum Gasteiger partial charge on any atom is 0.305 e. The Bertz CT molecular complexity index is 340. The fourth-order valence-corrected chi connectivity index (χ4v) is 2.86. The molecule has 0 bridgehead atoms. The number of methoxy groups -OCH3 is 1. The Labute approximate surface area is 108 Å². The minimum Gasteiger partial charge on any atom is -0.469 e. The number of unbranched alkanes of at least 4 members (excludes halogenated alkanes) is 1. The van der Waals surface area contributed by atoms with E-state index in [1.54, 1.807) is 11.3 Å². The fraction of sp³-hybridized carbons (Fsp3) is 0.545. The van der Waals surface area contributed by atoms with Gasteiger partial charge < -0.3 is 10.5 Å². The summed E-state index contributed by atoms with van der Waals surface area (Å²) >= 11 is 5.08.